The molecule has 0 atom stereocenters. The summed E-state index contributed by atoms with van der Waals surface area (Å²) in [5.41, 5.74) is 2.34. The molecule has 0 aliphatic heterocycles. The number of hydrogen-bond donors (Lipinski definition) is 0. The molecule has 28 heavy (non-hydrogen) atoms. The highest BCUT2D eigenvalue weighted by molar-refractivity contribution is 5.69. The molecule has 0 saturated heterocycles. The highest BCUT2D eigenvalue weighted by Crippen LogP contribution is 2.31. The van der Waals surface area contributed by atoms with Crippen LogP contribution in [-0.2, 0) is 22.6 Å². The van der Waals surface area contributed by atoms with E-state index in [1.54, 1.807) is 32.4 Å². The first kappa shape index (κ1) is 19.4. The molecule has 148 valence electrons. The molecule has 3 rings (SSSR count). The van der Waals surface area contributed by atoms with Gasteiger partial charge < -0.3 is 23.3 Å². The van der Waals surface area contributed by atoms with Crippen molar-refractivity contribution < 1.29 is 28.1 Å². The van der Waals surface area contributed by atoms with Gasteiger partial charge in [0.05, 0.1) is 25.5 Å². The number of ether oxygens (including phenoxy) is 3. The zero-order chi connectivity index (χ0) is 20.1. The third-order valence-corrected chi connectivity index (χ3v) is 4.23. The molecule has 0 radical (unpaired) electrons. The molecule has 1 aromatic carbocycles. The Morgan fingerprint density at radius 3 is 2.61 bits per heavy atom. The van der Waals surface area contributed by atoms with Crippen molar-refractivity contribution in [2.75, 3.05) is 14.2 Å². The van der Waals surface area contributed by atoms with Crippen LogP contribution in [0.1, 0.15) is 29.3 Å². The van der Waals surface area contributed by atoms with E-state index in [2.05, 4.69) is 15.3 Å². The summed E-state index contributed by atoms with van der Waals surface area (Å²) in [5.74, 6) is 2.06. The Labute approximate surface area is 161 Å². The van der Waals surface area contributed by atoms with Gasteiger partial charge in [0.1, 0.15) is 17.3 Å². The van der Waals surface area contributed by atoms with Gasteiger partial charge in [-0.3, -0.25) is 4.79 Å². The number of carbonyl (C=O) groups excluding carboxylic acids is 1. The lowest BCUT2D eigenvalue weighted by Gasteiger charge is -2.07. The van der Waals surface area contributed by atoms with E-state index in [9.17, 15) is 4.79 Å². The molecule has 0 bridgehead atoms. The van der Waals surface area contributed by atoms with Crippen molar-refractivity contribution in [2.24, 2.45) is 0 Å². The lowest BCUT2D eigenvalue weighted by Crippen LogP contribution is -2.06. The Balaban J connectivity index is 1.58. The Hall–Kier alpha value is -3.36. The van der Waals surface area contributed by atoms with E-state index in [-0.39, 0.29) is 24.9 Å². The molecule has 3 aromatic rings. The van der Waals surface area contributed by atoms with Crippen molar-refractivity contribution in [1.29, 1.82) is 0 Å². The first-order valence-electron chi connectivity index (χ1n) is 8.64. The fourth-order valence-electron chi connectivity index (χ4n) is 2.71. The second-order valence-electron chi connectivity index (χ2n) is 6.04. The van der Waals surface area contributed by atoms with Crippen LogP contribution in [0.15, 0.2) is 27.2 Å². The van der Waals surface area contributed by atoms with Gasteiger partial charge in [-0.25, -0.2) is 0 Å². The number of carbonyl (C=O) groups is 1. The van der Waals surface area contributed by atoms with Crippen LogP contribution in [0.5, 0.6) is 11.5 Å². The molecule has 0 amide bonds. The van der Waals surface area contributed by atoms with Crippen LogP contribution in [0, 0.1) is 13.8 Å². The average Bonchev–Trinajstić information content (AvgIpc) is 3.31. The SMILES string of the molecule is COc1ccc(-c2noc(COC(=O)CCc3c(C)noc3C)n2)c(OC)c1. The monoisotopic (exact) mass is 387 g/mol. The molecule has 0 fully saturated rings. The number of rotatable bonds is 8. The predicted molar refractivity (Wildman–Crippen MR) is 96.9 cm³/mol. The molecule has 0 aliphatic carbocycles. The van der Waals surface area contributed by atoms with E-state index in [0.29, 0.717) is 35.1 Å². The molecule has 0 saturated carbocycles. The van der Waals surface area contributed by atoms with Gasteiger partial charge in [-0.1, -0.05) is 10.3 Å². The average molecular weight is 387 g/mol. The minimum Gasteiger partial charge on any atom is -0.497 e. The fourth-order valence-corrected chi connectivity index (χ4v) is 2.71. The van der Waals surface area contributed by atoms with Crippen molar-refractivity contribution in [3.05, 3.63) is 41.1 Å². The second-order valence-corrected chi connectivity index (χ2v) is 6.04. The maximum absolute atomic E-state index is 12.0. The van der Waals surface area contributed by atoms with Gasteiger partial charge in [0.15, 0.2) is 6.61 Å². The molecule has 0 N–H and O–H groups in total. The quantitative estimate of drug-likeness (QED) is 0.539. The van der Waals surface area contributed by atoms with Gasteiger partial charge in [-0.15, -0.1) is 0 Å². The van der Waals surface area contributed by atoms with Crippen molar-refractivity contribution in [3.63, 3.8) is 0 Å². The third kappa shape index (κ3) is 4.30. The highest BCUT2D eigenvalue weighted by Gasteiger charge is 2.16. The number of hydrogen-bond acceptors (Lipinski definition) is 9. The number of esters is 1. The number of nitrogens with zero attached hydrogens (tertiary/aromatic N) is 3. The topological polar surface area (TPSA) is 110 Å². The molecule has 0 spiro atoms. The zero-order valence-corrected chi connectivity index (χ0v) is 16.1. The molecule has 2 aromatic heterocycles. The molecular formula is C19H21N3O6. The third-order valence-electron chi connectivity index (χ3n) is 4.23. The summed E-state index contributed by atoms with van der Waals surface area (Å²) in [6.45, 7) is 3.55. The molecule has 9 nitrogen and oxygen atoms in total. The van der Waals surface area contributed by atoms with Gasteiger partial charge in [-0.05, 0) is 32.4 Å². The lowest BCUT2D eigenvalue weighted by atomic mass is 10.1. The molecule has 0 unspecified atom stereocenters. The fraction of sp³-hybridized carbons (Fsp3) is 0.368. The normalized spacial score (nSPS) is 10.7. The van der Waals surface area contributed by atoms with E-state index in [4.69, 9.17) is 23.3 Å². The van der Waals surface area contributed by atoms with Crippen molar-refractivity contribution in [3.8, 4) is 22.9 Å². The van der Waals surface area contributed by atoms with E-state index in [0.717, 1.165) is 11.3 Å². The number of aromatic nitrogens is 3. The van der Waals surface area contributed by atoms with Crippen LogP contribution in [0.4, 0.5) is 0 Å². The number of methoxy groups -OCH3 is 2. The minimum atomic E-state index is -0.373. The second kappa shape index (κ2) is 8.55. The summed E-state index contributed by atoms with van der Waals surface area (Å²) in [6.07, 6.45) is 0.703. The Morgan fingerprint density at radius 1 is 1.11 bits per heavy atom. The lowest BCUT2D eigenvalue weighted by molar-refractivity contribution is -0.145. The molecule has 2 heterocycles. The summed E-state index contributed by atoms with van der Waals surface area (Å²) in [4.78, 5) is 16.2. The van der Waals surface area contributed by atoms with Crippen LogP contribution >= 0.6 is 0 Å². The zero-order valence-electron chi connectivity index (χ0n) is 16.1. The maximum atomic E-state index is 12.0. The predicted octanol–water partition coefficient (Wildman–Crippen LogP) is 3.03. The Morgan fingerprint density at radius 2 is 1.93 bits per heavy atom. The molecular weight excluding hydrogens is 366 g/mol. The summed E-state index contributed by atoms with van der Waals surface area (Å²) in [5, 5.41) is 7.79. The van der Waals surface area contributed by atoms with E-state index < -0.39 is 0 Å². The number of benzene rings is 1. The van der Waals surface area contributed by atoms with Gasteiger partial charge >= 0.3 is 5.97 Å². The number of aryl methyl sites for hydroxylation is 2. The van der Waals surface area contributed by atoms with E-state index in [1.165, 1.54) is 0 Å². The van der Waals surface area contributed by atoms with Gasteiger partial charge in [-0.2, -0.15) is 4.98 Å². The van der Waals surface area contributed by atoms with Gasteiger partial charge in [0.25, 0.3) is 5.89 Å². The van der Waals surface area contributed by atoms with Gasteiger partial charge in [0.2, 0.25) is 5.82 Å². The Bertz CT molecular complexity index is 943. The maximum Gasteiger partial charge on any atom is 0.306 e. The van der Waals surface area contributed by atoms with Crippen LogP contribution < -0.4 is 9.47 Å². The van der Waals surface area contributed by atoms with Crippen molar-refractivity contribution in [2.45, 2.75) is 33.3 Å². The molecule has 9 heteroatoms. The van der Waals surface area contributed by atoms with Crippen LogP contribution in [0.25, 0.3) is 11.4 Å². The highest BCUT2D eigenvalue weighted by atomic mass is 16.6. The summed E-state index contributed by atoms with van der Waals surface area (Å²) in [6, 6.07) is 5.25. The summed E-state index contributed by atoms with van der Waals surface area (Å²) < 4.78 is 26.0. The Kier molecular flexibility index (Phi) is 5.93. The first-order valence-corrected chi connectivity index (χ1v) is 8.64. The standard InChI is InChI=1S/C19H21N3O6/c1-11-14(12(2)27-21-11)7-8-18(23)26-10-17-20-19(22-28-17)15-6-5-13(24-3)9-16(15)25-4/h5-6,9H,7-8,10H2,1-4H3. The van der Waals surface area contributed by atoms with Crippen LogP contribution in [0.3, 0.4) is 0 Å². The van der Waals surface area contributed by atoms with Crippen molar-refractivity contribution >= 4 is 5.97 Å². The first-order chi connectivity index (χ1) is 13.5. The van der Waals surface area contributed by atoms with E-state index >= 15 is 0 Å². The largest absolute Gasteiger partial charge is 0.497 e. The van der Waals surface area contributed by atoms with Crippen LogP contribution in [-0.4, -0.2) is 35.5 Å². The summed E-state index contributed by atoms with van der Waals surface area (Å²) >= 11 is 0. The van der Waals surface area contributed by atoms with Crippen LogP contribution in [0.2, 0.25) is 0 Å². The van der Waals surface area contributed by atoms with Crippen molar-refractivity contribution in [1.82, 2.24) is 15.3 Å². The molecule has 0 aliphatic rings. The van der Waals surface area contributed by atoms with Gasteiger partial charge in [0, 0.05) is 18.1 Å². The van der Waals surface area contributed by atoms with E-state index in [1.807, 2.05) is 13.8 Å². The smallest absolute Gasteiger partial charge is 0.306 e. The minimum absolute atomic E-state index is 0.105. The summed E-state index contributed by atoms with van der Waals surface area (Å²) in [7, 11) is 3.11.